The van der Waals surface area contributed by atoms with Crippen molar-refractivity contribution < 1.29 is 45.3 Å². The molecule has 41 heavy (non-hydrogen) atoms. The van der Waals surface area contributed by atoms with Gasteiger partial charge in [-0.25, -0.2) is 10.1 Å². The average molecular weight is 610 g/mol. The van der Waals surface area contributed by atoms with Crippen molar-refractivity contribution in [2.75, 3.05) is 62.7 Å². The van der Waals surface area contributed by atoms with Crippen molar-refractivity contribution >= 4 is 26.4 Å². The number of aromatic nitrogens is 3. The largest absolute Gasteiger partial charge is 0.490 e. The van der Waals surface area contributed by atoms with Gasteiger partial charge >= 0.3 is 12.4 Å². The zero-order valence-corrected chi connectivity index (χ0v) is 22.8. The number of amides is 1. The predicted molar refractivity (Wildman–Crippen MR) is 134 cm³/mol. The summed E-state index contributed by atoms with van der Waals surface area (Å²) in [5.41, 5.74) is -4.23. The number of halogens is 6. The number of ether oxygens (including phenoxy) is 3. The van der Waals surface area contributed by atoms with Crippen molar-refractivity contribution in [3.8, 4) is 5.75 Å². The summed E-state index contributed by atoms with van der Waals surface area (Å²) in [6.07, 6.45) is -7.40. The number of pyridine rings is 1. The molecule has 0 unspecified atom stereocenters. The molecule has 18 heteroatoms. The Morgan fingerprint density at radius 1 is 1.20 bits per heavy atom. The quantitative estimate of drug-likeness (QED) is 0.251. The molecule has 1 fully saturated rings. The number of fused-ring (bicyclic) bond motifs is 3. The van der Waals surface area contributed by atoms with Gasteiger partial charge in [0.2, 0.25) is 5.91 Å². The number of alkyl halides is 6. The molecule has 0 aliphatic carbocycles. The zero-order chi connectivity index (χ0) is 29.8. The summed E-state index contributed by atoms with van der Waals surface area (Å²) in [6, 6.07) is 0.749. The Labute approximate surface area is 231 Å². The van der Waals surface area contributed by atoms with E-state index in [2.05, 4.69) is 15.4 Å². The molecule has 11 nitrogen and oxygen atoms in total. The third kappa shape index (κ3) is 7.47. The third-order valence-electron chi connectivity index (χ3n) is 6.41. The Morgan fingerprint density at radius 2 is 1.98 bits per heavy atom. The van der Waals surface area contributed by atoms with Crippen LogP contribution in [-0.2, 0) is 26.6 Å². The molecule has 2 aliphatic heterocycles. The van der Waals surface area contributed by atoms with Gasteiger partial charge in [-0.15, -0.1) is 0 Å². The monoisotopic (exact) mass is 609 g/mol. The van der Waals surface area contributed by atoms with Crippen molar-refractivity contribution in [1.29, 1.82) is 0 Å². The number of carbonyl (C=O) groups is 1. The number of hydrogen-bond donors (Lipinski definition) is 2. The summed E-state index contributed by atoms with van der Waals surface area (Å²) >= 11 is 0. The highest BCUT2D eigenvalue weighted by Crippen LogP contribution is 2.37. The van der Waals surface area contributed by atoms with Crippen molar-refractivity contribution in [3.05, 3.63) is 39.9 Å². The van der Waals surface area contributed by atoms with Crippen LogP contribution >= 0.6 is 0 Å². The maximum atomic E-state index is 13.3. The fourth-order valence-corrected chi connectivity index (χ4v) is 7.11. The minimum absolute atomic E-state index is 0.00941. The summed E-state index contributed by atoms with van der Waals surface area (Å²) < 4.78 is 97.4. The molecule has 4 heterocycles. The van der Waals surface area contributed by atoms with Crippen LogP contribution in [0.2, 0.25) is 6.04 Å². The van der Waals surface area contributed by atoms with Crippen LogP contribution < -0.4 is 20.2 Å². The van der Waals surface area contributed by atoms with Crippen molar-refractivity contribution in [2.24, 2.45) is 0 Å². The van der Waals surface area contributed by atoms with Crippen molar-refractivity contribution in [3.63, 3.8) is 0 Å². The number of carbonyl (C=O) groups excluding carboxylic acids is 1. The Bertz CT molecular complexity index is 1280. The maximum Gasteiger partial charge on any atom is 0.423 e. The van der Waals surface area contributed by atoms with Crippen LogP contribution in [0.1, 0.15) is 17.5 Å². The predicted octanol–water partition coefficient (Wildman–Crippen LogP) is 2.31. The number of nitrogens with one attached hydrogen (secondary N) is 2. The minimum atomic E-state index is -4.91. The highest BCUT2D eigenvalue weighted by molar-refractivity contribution is 6.64. The topological polar surface area (TPSA) is 122 Å². The van der Waals surface area contributed by atoms with E-state index in [-0.39, 0.29) is 44.5 Å². The normalized spacial score (nSPS) is 16.9. The van der Waals surface area contributed by atoms with Crippen LogP contribution in [0.25, 0.3) is 0 Å². The lowest BCUT2D eigenvalue weighted by molar-refractivity contribution is -0.138. The molecular weight excluding hydrogens is 582 g/mol. The molecule has 4 rings (SSSR count). The number of H-pyrrole nitrogens is 1. The van der Waals surface area contributed by atoms with E-state index >= 15 is 0 Å². The van der Waals surface area contributed by atoms with Gasteiger partial charge in [0.25, 0.3) is 5.56 Å². The first kappa shape index (κ1) is 30.6. The molecule has 2 aromatic heterocycles. The van der Waals surface area contributed by atoms with E-state index in [1.165, 1.54) is 7.11 Å². The van der Waals surface area contributed by atoms with E-state index in [1.54, 1.807) is 10.00 Å². The lowest BCUT2D eigenvalue weighted by Crippen LogP contribution is -2.58. The molecule has 2 N–H and O–H groups in total. The number of hydrogen-bond acceptors (Lipinski definition) is 9. The van der Waals surface area contributed by atoms with E-state index in [0.29, 0.717) is 31.1 Å². The lowest BCUT2D eigenvalue weighted by atomic mass is 10.2. The smallest absolute Gasteiger partial charge is 0.423 e. The second-order valence-corrected chi connectivity index (χ2v) is 11.8. The van der Waals surface area contributed by atoms with Gasteiger partial charge in [0.1, 0.15) is 5.56 Å². The van der Waals surface area contributed by atoms with Crippen LogP contribution in [0.3, 0.4) is 0 Å². The second-order valence-electron chi connectivity index (χ2n) is 9.28. The highest BCUT2D eigenvalue weighted by Gasteiger charge is 2.39. The Morgan fingerprint density at radius 3 is 2.68 bits per heavy atom. The molecule has 2 aliphatic rings. The second kappa shape index (κ2) is 12.6. The van der Waals surface area contributed by atoms with E-state index in [0.717, 1.165) is 18.5 Å². The number of aromatic amines is 1. The molecule has 0 spiro atoms. The van der Waals surface area contributed by atoms with E-state index < -0.39 is 49.7 Å². The molecule has 1 atom stereocenters. The number of anilines is 2. The molecule has 1 radical (unpaired) electrons. The first-order chi connectivity index (χ1) is 19.4. The fourth-order valence-electron chi connectivity index (χ4n) is 4.51. The van der Waals surface area contributed by atoms with Crippen LogP contribution in [0.15, 0.2) is 23.3 Å². The summed E-state index contributed by atoms with van der Waals surface area (Å²) in [7, 11) is -0.0554. The fraction of sp³-hybridized carbons (Fsp3) is 0.565. The van der Waals surface area contributed by atoms with E-state index in [9.17, 15) is 35.9 Å². The van der Waals surface area contributed by atoms with Gasteiger partial charge in [-0.3, -0.25) is 9.59 Å². The molecule has 1 amide bonds. The van der Waals surface area contributed by atoms with Crippen molar-refractivity contribution in [2.45, 2.75) is 30.9 Å². The highest BCUT2D eigenvalue weighted by atomic mass is 28.3. The van der Waals surface area contributed by atoms with Gasteiger partial charge in [-0.1, -0.05) is 0 Å². The van der Waals surface area contributed by atoms with Gasteiger partial charge in [-0.05, 0) is 12.1 Å². The molecular formula is C23H27F6N6O5Si. The van der Waals surface area contributed by atoms with Crippen LogP contribution in [0.4, 0.5) is 37.8 Å². The lowest BCUT2D eigenvalue weighted by Gasteiger charge is -2.40. The summed E-state index contributed by atoms with van der Waals surface area (Å²) in [6.45, 7) is 0.747. The van der Waals surface area contributed by atoms with Gasteiger partial charge in [-0.2, -0.15) is 31.4 Å². The average Bonchev–Trinajstić information content (AvgIpc) is 3.08. The number of rotatable bonds is 9. The summed E-state index contributed by atoms with van der Waals surface area (Å²) in [5.74, 6) is 0.230. The van der Waals surface area contributed by atoms with Crippen LogP contribution in [0.5, 0.6) is 5.75 Å². The molecule has 0 saturated carbocycles. The first-order valence-electron chi connectivity index (χ1n) is 12.5. The third-order valence-corrected chi connectivity index (χ3v) is 9.14. The standard InChI is InChI=1S/C23H27F6N6O5Si/c1-38-11-15(32-16-10-31-33-21(37)19(16)23(27,28)29)12-39-5-2-18(36)34-3-4-35-20-17(40-6-7-41(35)13-34)8-14(9-30-20)22(24,25)26/h8-10,15H,2-7,11-13H2,1H3,(H2,32,33,37)/t15-/m0/s1. The van der Waals surface area contributed by atoms with E-state index in [4.69, 9.17) is 14.2 Å². The SMILES string of the molecule is COC[C@@H](COCCC(=O)N1CCN2c3ncc(C(F)(F)F)cc3OCC[Si]2C1)Nc1cn[nH]c(=O)c1C(F)(F)F. The molecule has 0 bridgehead atoms. The minimum Gasteiger partial charge on any atom is -0.490 e. The summed E-state index contributed by atoms with van der Waals surface area (Å²) in [4.78, 5) is 30.3. The molecule has 2 aromatic rings. The number of nitrogens with zero attached hydrogens (tertiary/aromatic N) is 4. The molecule has 1 saturated heterocycles. The van der Waals surface area contributed by atoms with Gasteiger partial charge in [0.15, 0.2) is 20.5 Å². The Hall–Kier alpha value is -3.38. The Kier molecular flexibility index (Phi) is 9.43. The zero-order valence-electron chi connectivity index (χ0n) is 21.8. The van der Waals surface area contributed by atoms with Gasteiger partial charge < -0.3 is 29.0 Å². The van der Waals surface area contributed by atoms with Crippen LogP contribution in [0, 0.1) is 0 Å². The van der Waals surface area contributed by atoms with Gasteiger partial charge in [0, 0.05) is 32.6 Å². The Balaban J connectivity index is 1.30. The van der Waals surface area contributed by atoms with Gasteiger partial charge in [0.05, 0.1) is 56.3 Å². The van der Waals surface area contributed by atoms with Crippen LogP contribution in [-0.4, -0.2) is 93.8 Å². The molecule has 225 valence electrons. The summed E-state index contributed by atoms with van der Waals surface area (Å²) in [5, 5.41) is 7.75. The maximum absolute atomic E-state index is 13.3. The number of methoxy groups -OCH3 is 1. The molecule has 0 aromatic carbocycles. The van der Waals surface area contributed by atoms with Crippen molar-refractivity contribution in [1.82, 2.24) is 20.1 Å². The van der Waals surface area contributed by atoms with E-state index in [1.807, 2.05) is 4.57 Å². The first-order valence-corrected chi connectivity index (χ1v) is 14.3.